The van der Waals surface area contributed by atoms with Gasteiger partial charge in [0.05, 0.1) is 11.2 Å². The number of fused-ring (bicyclic) bond motifs is 5. The number of rotatable bonds is 1. The highest BCUT2D eigenvalue weighted by molar-refractivity contribution is 6.13. The molecule has 0 bridgehead atoms. The maximum absolute atomic E-state index is 6.20. The summed E-state index contributed by atoms with van der Waals surface area (Å²) in [5.74, 6) is 2.63. The molecule has 2 heterocycles. The van der Waals surface area contributed by atoms with Crippen LogP contribution >= 0.6 is 0 Å². The Balaban J connectivity index is 1.68. The quantitative estimate of drug-likeness (QED) is 0.282. The lowest BCUT2D eigenvalue weighted by molar-refractivity contribution is 0.476. The van der Waals surface area contributed by atoms with Gasteiger partial charge in [0.2, 0.25) is 0 Å². The second kappa shape index (κ2) is 5.71. The molecule has 3 nitrogen and oxygen atoms in total. The Morgan fingerprint density at radius 2 is 1.37 bits per heavy atom. The summed E-state index contributed by atoms with van der Waals surface area (Å²) in [5, 5.41) is 4.92. The highest BCUT2D eigenvalue weighted by atomic mass is 16.5. The van der Waals surface area contributed by atoms with Crippen molar-refractivity contribution in [2.45, 2.75) is 0 Å². The van der Waals surface area contributed by atoms with Crippen molar-refractivity contribution in [3.63, 3.8) is 0 Å². The van der Waals surface area contributed by atoms with Crippen LogP contribution in [0.3, 0.4) is 0 Å². The maximum Gasteiger partial charge on any atom is 0.153 e. The number of hydrogen-bond donors (Lipinski definition) is 0. The fourth-order valence-corrected chi connectivity index (χ4v) is 4.68. The van der Waals surface area contributed by atoms with Gasteiger partial charge in [0.25, 0.3) is 0 Å². The highest BCUT2D eigenvalue weighted by Gasteiger charge is 2.25. The van der Waals surface area contributed by atoms with Gasteiger partial charge in [-0.25, -0.2) is 4.98 Å². The van der Waals surface area contributed by atoms with E-state index in [9.17, 15) is 0 Å². The van der Waals surface area contributed by atoms with Crippen molar-refractivity contribution in [3.05, 3.63) is 97.1 Å². The van der Waals surface area contributed by atoms with Crippen molar-refractivity contribution in [2.24, 2.45) is 0 Å². The lowest BCUT2D eigenvalue weighted by Gasteiger charge is -2.21. The molecule has 1 aliphatic rings. The van der Waals surface area contributed by atoms with E-state index in [1.54, 1.807) is 0 Å². The first-order chi connectivity index (χ1) is 14.9. The molecule has 0 aliphatic carbocycles. The molecular weight excluding hydrogens is 368 g/mol. The van der Waals surface area contributed by atoms with Gasteiger partial charge >= 0.3 is 0 Å². The van der Waals surface area contributed by atoms with Crippen LogP contribution in [0.1, 0.15) is 0 Å². The summed E-state index contributed by atoms with van der Waals surface area (Å²) in [6.45, 7) is 0. The zero-order chi connectivity index (χ0) is 19.7. The van der Waals surface area contributed by atoms with Crippen LogP contribution in [0.4, 0.5) is 0 Å². The van der Waals surface area contributed by atoms with E-state index in [1.165, 1.54) is 21.5 Å². The van der Waals surface area contributed by atoms with Crippen LogP contribution in [0.5, 0.6) is 11.5 Å². The predicted molar refractivity (Wildman–Crippen MR) is 122 cm³/mol. The Kier molecular flexibility index (Phi) is 3.00. The molecule has 1 aromatic heterocycles. The van der Waals surface area contributed by atoms with Crippen molar-refractivity contribution in [1.29, 1.82) is 0 Å². The second-order valence-electron chi connectivity index (χ2n) is 7.66. The molecule has 0 amide bonds. The topological polar surface area (TPSA) is 27.1 Å². The lowest BCUT2D eigenvalue weighted by atomic mass is 9.97. The molecular formula is C27H16N2O. The van der Waals surface area contributed by atoms with Crippen molar-refractivity contribution in [3.8, 4) is 28.6 Å². The van der Waals surface area contributed by atoms with E-state index in [1.807, 2.05) is 30.3 Å². The summed E-state index contributed by atoms with van der Waals surface area (Å²) in [7, 11) is 0. The fourth-order valence-electron chi connectivity index (χ4n) is 4.68. The Hall–Kier alpha value is -4.11. The molecule has 0 atom stereocenters. The van der Waals surface area contributed by atoms with Gasteiger partial charge in [-0.15, -0.1) is 0 Å². The predicted octanol–water partition coefficient (Wildman–Crippen LogP) is 7.10. The number of hydrogen-bond acceptors (Lipinski definition) is 2. The van der Waals surface area contributed by atoms with E-state index >= 15 is 0 Å². The summed E-state index contributed by atoms with van der Waals surface area (Å²) in [6.07, 6.45) is 0. The molecule has 140 valence electrons. The average Bonchev–Trinajstić information content (AvgIpc) is 3.20. The normalized spacial score (nSPS) is 12.3. The van der Waals surface area contributed by atoms with Gasteiger partial charge in [-0.2, -0.15) is 0 Å². The van der Waals surface area contributed by atoms with E-state index in [-0.39, 0.29) is 0 Å². The van der Waals surface area contributed by atoms with E-state index in [0.717, 1.165) is 39.6 Å². The van der Waals surface area contributed by atoms with Crippen LogP contribution in [-0.4, -0.2) is 9.55 Å². The Labute approximate surface area is 172 Å². The summed E-state index contributed by atoms with van der Waals surface area (Å²) >= 11 is 0. The average molecular weight is 384 g/mol. The van der Waals surface area contributed by atoms with E-state index < -0.39 is 0 Å². The molecule has 0 fully saturated rings. The minimum atomic E-state index is 0.843. The molecule has 3 heteroatoms. The van der Waals surface area contributed by atoms with Gasteiger partial charge in [0.15, 0.2) is 11.5 Å². The van der Waals surface area contributed by atoms with Crippen LogP contribution in [0, 0.1) is 0 Å². The van der Waals surface area contributed by atoms with E-state index in [4.69, 9.17) is 9.72 Å². The van der Waals surface area contributed by atoms with Crippen LogP contribution in [0.15, 0.2) is 97.1 Å². The monoisotopic (exact) mass is 384 g/mol. The number of aromatic nitrogens is 2. The Morgan fingerprint density at radius 1 is 0.633 bits per heavy atom. The molecule has 0 radical (unpaired) electrons. The van der Waals surface area contributed by atoms with Crippen LogP contribution in [-0.2, 0) is 0 Å². The zero-order valence-electron chi connectivity index (χ0n) is 16.0. The molecule has 0 saturated carbocycles. The van der Waals surface area contributed by atoms with Gasteiger partial charge in [-0.05, 0) is 51.9 Å². The number of benzene rings is 5. The standard InChI is InChI=1S/C27H16N2O/c1-2-9-18-17(8-1)16-21(20-11-4-3-10-19(18)20)27-28-22-12-7-15-25-26(22)29(27)23-13-5-6-14-24(23)30-25/h1-16H. The third-order valence-electron chi connectivity index (χ3n) is 5.97. The number of imidazole rings is 1. The number of nitrogens with zero attached hydrogens (tertiary/aromatic N) is 2. The van der Waals surface area contributed by atoms with Gasteiger partial charge in [-0.1, -0.05) is 66.7 Å². The lowest BCUT2D eigenvalue weighted by Crippen LogP contribution is -2.05. The molecule has 0 spiro atoms. The molecule has 30 heavy (non-hydrogen) atoms. The second-order valence-corrected chi connectivity index (χ2v) is 7.66. The Morgan fingerprint density at radius 3 is 2.30 bits per heavy atom. The first kappa shape index (κ1) is 15.8. The van der Waals surface area contributed by atoms with E-state index in [2.05, 4.69) is 71.3 Å². The molecule has 6 aromatic rings. The molecule has 5 aromatic carbocycles. The minimum Gasteiger partial charge on any atom is -0.453 e. The largest absolute Gasteiger partial charge is 0.453 e. The van der Waals surface area contributed by atoms with Gasteiger partial charge in [-0.3, -0.25) is 4.57 Å². The maximum atomic E-state index is 6.20. The first-order valence-corrected chi connectivity index (χ1v) is 10.1. The molecule has 0 N–H and O–H groups in total. The third-order valence-corrected chi connectivity index (χ3v) is 5.97. The molecule has 0 unspecified atom stereocenters. The van der Waals surface area contributed by atoms with Gasteiger partial charge < -0.3 is 4.74 Å². The molecule has 7 rings (SSSR count). The van der Waals surface area contributed by atoms with Gasteiger partial charge in [0.1, 0.15) is 11.3 Å². The van der Waals surface area contributed by atoms with Crippen LogP contribution in [0.2, 0.25) is 0 Å². The number of ether oxygens (including phenoxy) is 1. The summed E-state index contributed by atoms with van der Waals surface area (Å²) in [6, 6.07) is 33.6. The van der Waals surface area contributed by atoms with Crippen LogP contribution in [0.25, 0.3) is 49.7 Å². The molecule has 0 saturated heterocycles. The first-order valence-electron chi connectivity index (χ1n) is 10.1. The van der Waals surface area contributed by atoms with Crippen LogP contribution < -0.4 is 4.74 Å². The van der Waals surface area contributed by atoms with Crippen molar-refractivity contribution >= 4 is 32.6 Å². The zero-order valence-corrected chi connectivity index (χ0v) is 16.0. The minimum absolute atomic E-state index is 0.843. The fraction of sp³-hybridized carbons (Fsp3) is 0. The van der Waals surface area contributed by atoms with Crippen molar-refractivity contribution in [1.82, 2.24) is 9.55 Å². The SMILES string of the molecule is c1ccc2c(c1)Oc1cccc3nc(-c4cc5ccccc5c5ccccc45)n-2c13. The smallest absolute Gasteiger partial charge is 0.153 e. The number of para-hydroxylation sites is 3. The highest BCUT2D eigenvalue weighted by Crippen LogP contribution is 2.44. The van der Waals surface area contributed by atoms with Gasteiger partial charge in [0, 0.05) is 5.56 Å². The van der Waals surface area contributed by atoms with Crippen molar-refractivity contribution < 1.29 is 4.74 Å². The van der Waals surface area contributed by atoms with E-state index in [0.29, 0.717) is 0 Å². The Bertz CT molecular complexity index is 1630. The van der Waals surface area contributed by atoms with Crippen molar-refractivity contribution in [2.75, 3.05) is 0 Å². The summed E-state index contributed by atoms with van der Waals surface area (Å²) in [4.78, 5) is 5.09. The third kappa shape index (κ3) is 2.01. The molecule has 1 aliphatic heterocycles. The summed E-state index contributed by atoms with van der Waals surface area (Å²) < 4.78 is 8.45. The summed E-state index contributed by atoms with van der Waals surface area (Å²) in [5.41, 5.74) is 4.10.